The van der Waals surface area contributed by atoms with Gasteiger partial charge in [0, 0.05) is 16.8 Å². The van der Waals surface area contributed by atoms with Crippen molar-refractivity contribution in [3.05, 3.63) is 89.5 Å². The maximum atomic E-state index is 12.9. The number of nitrogens with one attached hydrogen (secondary N) is 1. The maximum Gasteiger partial charge on any atom is 0.261 e. The molecule has 1 atom stereocenters. The molecule has 1 aliphatic rings. The van der Waals surface area contributed by atoms with Crippen molar-refractivity contribution in [3.63, 3.8) is 0 Å². The highest BCUT2D eigenvalue weighted by Gasteiger charge is 2.28. The third-order valence-corrected chi connectivity index (χ3v) is 5.61. The number of ether oxygens (including phenoxy) is 2. The number of carbonyl (C=O) groups is 2. The molecular weight excluding hydrogens is 404 g/mol. The van der Waals surface area contributed by atoms with Gasteiger partial charge < -0.3 is 19.7 Å². The van der Waals surface area contributed by atoms with Crippen LogP contribution in [0.5, 0.6) is 11.5 Å². The van der Waals surface area contributed by atoms with Crippen LogP contribution in [0.3, 0.4) is 0 Å². The molecular formula is C26H26N2O4. The fraction of sp³-hybridized carbons (Fsp3) is 0.231. The number of carbonyl (C=O) groups excluding carboxylic acids is 2. The average molecular weight is 431 g/mol. The van der Waals surface area contributed by atoms with Crippen molar-refractivity contribution < 1.29 is 19.1 Å². The topological polar surface area (TPSA) is 67.9 Å². The molecule has 0 radical (unpaired) electrons. The summed E-state index contributed by atoms with van der Waals surface area (Å²) in [6.45, 7) is 2.47. The Hall–Kier alpha value is -3.80. The summed E-state index contributed by atoms with van der Waals surface area (Å²) in [5.74, 6) is 0.984. The number of hydrogen-bond donors (Lipinski definition) is 1. The Morgan fingerprint density at radius 3 is 2.66 bits per heavy atom. The first-order chi connectivity index (χ1) is 15.6. The van der Waals surface area contributed by atoms with Gasteiger partial charge in [-0.2, -0.15) is 0 Å². The normalized spacial score (nSPS) is 14.1. The van der Waals surface area contributed by atoms with Crippen LogP contribution >= 0.6 is 0 Å². The minimum absolute atomic E-state index is 0.00809. The quantitative estimate of drug-likeness (QED) is 0.609. The second-order valence-electron chi connectivity index (χ2n) is 7.65. The summed E-state index contributed by atoms with van der Waals surface area (Å²) in [5, 5.41) is 2.93. The van der Waals surface area contributed by atoms with Gasteiger partial charge in [0.15, 0.2) is 6.61 Å². The molecule has 1 aliphatic heterocycles. The third kappa shape index (κ3) is 4.59. The van der Waals surface area contributed by atoms with E-state index >= 15 is 0 Å². The molecule has 6 nitrogen and oxygen atoms in total. The Morgan fingerprint density at radius 2 is 1.91 bits per heavy atom. The van der Waals surface area contributed by atoms with Gasteiger partial charge in [-0.3, -0.25) is 9.59 Å². The number of benzene rings is 3. The molecule has 1 N–H and O–H groups in total. The lowest BCUT2D eigenvalue weighted by atomic mass is 10.0. The van der Waals surface area contributed by atoms with Gasteiger partial charge in [-0.05, 0) is 48.4 Å². The molecule has 164 valence electrons. The van der Waals surface area contributed by atoms with Crippen LogP contribution in [-0.2, 0) is 11.3 Å². The SMILES string of the molecule is CCC(c1ccccc1)N1Cc2cc(NC(=O)c3cccc(OC)c3)ccc2OCC1=O. The van der Waals surface area contributed by atoms with Crippen molar-refractivity contribution in [2.45, 2.75) is 25.9 Å². The molecule has 32 heavy (non-hydrogen) atoms. The van der Waals surface area contributed by atoms with Crippen LogP contribution in [-0.4, -0.2) is 30.4 Å². The fourth-order valence-corrected chi connectivity index (χ4v) is 3.98. The zero-order chi connectivity index (χ0) is 22.5. The number of amides is 2. The van der Waals surface area contributed by atoms with Crippen LogP contribution in [0.4, 0.5) is 5.69 Å². The highest BCUT2D eigenvalue weighted by Crippen LogP contribution is 2.32. The molecule has 0 fully saturated rings. The first-order valence-corrected chi connectivity index (χ1v) is 10.6. The Bertz CT molecular complexity index is 1110. The first-order valence-electron chi connectivity index (χ1n) is 10.6. The predicted octanol–water partition coefficient (Wildman–Crippen LogP) is 4.82. The maximum absolute atomic E-state index is 12.9. The van der Waals surface area contributed by atoms with E-state index in [1.165, 1.54) is 0 Å². The monoisotopic (exact) mass is 430 g/mol. The molecule has 0 bridgehead atoms. The Labute approximate surface area is 187 Å². The van der Waals surface area contributed by atoms with E-state index in [4.69, 9.17) is 9.47 Å². The van der Waals surface area contributed by atoms with Crippen molar-refractivity contribution in [2.75, 3.05) is 19.0 Å². The molecule has 0 spiro atoms. The smallest absolute Gasteiger partial charge is 0.261 e. The first kappa shape index (κ1) is 21.4. The van der Waals surface area contributed by atoms with Gasteiger partial charge in [-0.1, -0.05) is 43.3 Å². The zero-order valence-corrected chi connectivity index (χ0v) is 18.2. The van der Waals surface area contributed by atoms with Crippen molar-refractivity contribution in [3.8, 4) is 11.5 Å². The average Bonchev–Trinajstić information content (AvgIpc) is 2.99. The van der Waals surface area contributed by atoms with Gasteiger partial charge in [0.2, 0.25) is 0 Å². The molecule has 1 heterocycles. The number of fused-ring (bicyclic) bond motifs is 1. The van der Waals surface area contributed by atoms with Crippen molar-refractivity contribution >= 4 is 17.5 Å². The Balaban J connectivity index is 1.58. The van der Waals surface area contributed by atoms with E-state index in [2.05, 4.69) is 12.2 Å². The number of anilines is 1. The summed E-state index contributed by atoms with van der Waals surface area (Å²) in [5.41, 5.74) is 3.09. The van der Waals surface area contributed by atoms with Crippen LogP contribution in [0.25, 0.3) is 0 Å². The summed E-state index contributed by atoms with van der Waals surface area (Å²) in [6, 6.07) is 22.4. The van der Waals surface area contributed by atoms with Crippen LogP contribution in [0.1, 0.15) is 40.9 Å². The van der Waals surface area contributed by atoms with Gasteiger partial charge >= 0.3 is 0 Å². The molecule has 0 aliphatic carbocycles. The lowest BCUT2D eigenvalue weighted by molar-refractivity contribution is -0.135. The van der Waals surface area contributed by atoms with Gasteiger partial charge in [0.1, 0.15) is 11.5 Å². The largest absolute Gasteiger partial charge is 0.497 e. The van der Waals surface area contributed by atoms with Crippen molar-refractivity contribution in [2.24, 2.45) is 0 Å². The van der Waals surface area contributed by atoms with Crippen LogP contribution in [0.15, 0.2) is 72.8 Å². The molecule has 2 amide bonds. The van der Waals surface area contributed by atoms with Crippen molar-refractivity contribution in [1.29, 1.82) is 0 Å². The van der Waals surface area contributed by atoms with Crippen LogP contribution in [0, 0.1) is 0 Å². The van der Waals surface area contributed by atoms with Gasteiger partial charge in [0.05, 0.1) is 19.7 Å². The molecule has 0 aromatic heterocycles. The van der Waals surface area contributed by atoms with E-state index in [-0.39, 0.29) is 24.5 Å². The summed E-state index contributed by atoms with van der Waals surface area (Å²) in [6.07, 6.45) is 0.789. The summed E-state index contributed by atoms with van der Waals surface area (Å²) in [7, 11) is 1.57. The lowest BCUT2D eigenvalue weighted by Crippen LogP contribution is -2.35. The van der Waals surface area contributed by atoms with Gasteiger partial charge in [0.25, 0.3) is 11.8 Å². The van der Waals surface area contributed by atoms with E-state index in [0.717, 1.165) is 17.5 Å². The molecule has 3 aromatic rings. The molecule has 6 heteroatoms. The highest BCUT2D eigenvalue weighted by molar-refractivity contribution is 6.04. The summed E-state index contributed by atoms with van der Waals surface area (Å²) >= 11 is 0. The van der Waals surface area contributed by atoms with Gasteiger partial charge in [-0.15, -0.1) is 0 Å². The molecule has 0 saturated carbocycles. The van der Waals surface area contributed by atoms with Crippen LogP contribution < -0.4 is 14.8 Å². The summed E-state index contributed by atoms with van der Waals surface area (Å²) < 4.78 is 11.0. The van der Waals surface area contributed by atoms with E-state index in [9.17, 15) is 9.59 Å². The standard InChI is InChI=1S/C26H26N2O4/c1-3-23(18-8-5-4-6-9-18)28-16-20-14-21(12-13-24(20)32-17-25(28)29)27-26(30)19-10-7-11-22(15-19)31-2/h4-15,23H,3,16-17H2,1-2H3,(H,27,30). The van der Waals surface area contributed by atoms with Crippen LogP contribution in [0.2, 0.25) is 0 Å². The number of rotatable bonds is 6. The van der Waals surface area contributed by atoms with E-state index in [1.807, 2.05) is 41.3 Å². The van der Waals surface area contributed by atoms with E-state index < -0.39 is 0 Å². The summed E-state index contributed by atoms with van der Waals surface area (Å²) in [4.78, 5) is 27.5. The second kappa shape index (κ2) is 9.56. The van der Waals surface area contributed by atoms with E-state index in [1.54, 1.807) is 43.5 Å². The second-order valence-corrected chi connectivity index (χ2v) is 7.65. The molecule has 1 unspecified atom stereocenters. The van der Waals surface area contributed by atoms with E-state index in [0.29, 0.717) is 29.3 Å². The minimum Gasteiger partial charge on any atom is -0.497 e. The number of hydrogen-bond acceptors (Lipinski definition) is 4. The van der Waals surface area contributed by atoms with Crippen molar-refractivity contribution in [1.82, 2.24) is 4.90 Å². The minimum atomic E-state index is -0.234. The lowest BCUT2D eigenvalue weighted by Gasteiger charge is -2.30. The fourth-order valence-electron chi connectivity index (χ4n) is 3.98. The van der Waals surface area contributed by atoms with Gasteiger partial charge in [-0.25, -0.2) is 0 Å². The highest BCUT2D eigenvalue weighted by atomic mass is 16.5. The third-order valence-electron chi connectivity index (χ3n) is 5.61. The predicted molar refractivity (Wildman–Crippen MR) is 123 cm³/mol. The number of nitrogens with zero attached hydrogens (tertiary/aromatic N) is 1. The molecule has 4 rings (SSSR count). The Kier molecular flexibility index (Phi) is 6.40. The molecule has 0 saturated heterocycles. The molecule has 3 aromatic carbocycles. The number of methoxy groups -OCH3 is 1. The Morgan fingerprint density at radius 1 is 1.09 bits per heavy atom. The zero-order valence-electron chi connectivity index (χ0n) is 18.2.